The molecule has 0 heterocycles. The smallest absolute Gasteiger partial charge is 0.329 e. The van der Waals surface area contributed by atoms with Crippen LogP contribution in [0.25, 0.3) is 0 Å². The van der Waals surface area contributed by atoms with Gasteiger partial charge in [-0.05, 0) is 37.1 Å². The number of nitrogens with one attached hydrogen (secondary N) is 2. The predicted molar refractivity (Wildman–Crippen MR) is 94.0 cm³/mol. The van der Waals surface area contributed by atoms with Gasteiger partial charge in [-0.25, -0.2) is 5.43 Å². The molecule has 0 atom stereocenters. The van der Waals surface area contributed by atoms with Crippen LogP contribution in [0.4, 0.5) is 0 Å². The van der Waals surface area contributed by atoms with Crippen LogP contribution < -0.4 is 20.2 Å². The van der Waals surface area contributed by atoms with Gasteiger partial charge in [0.15, 0.2) is 11.5 Å². The van der Waals surface area contributed by atoms with E-state index in [1.165, 1.54) is 13.3 Å². The standard InChI is InChI=1S/C17H25N3O5/c1-4-9-25-14-7-6-13(11-15(14)24-5-2)12-19-20-17(22)16(21)18-8-10-23-3/h6-7,11-12H,4-5,8-10H2,1-3H3,(H,18,21)(H,20,22)/b19-12+. The molecule has 0 aliphatic rings. The minimum Gasteiger partial charge on any atom is -0.490 e. The SMILES string of the molecule is CCCOc1ccc(/C=N/NC(=O)C(=O)NCCOC)cc1OCC. The maximum atomic E-state index is 11.5. The van der Waals surface area contributed by atoms with Gasteiger partial charge in [0.2, 0.25) is 0 Å². The third-order valence-corrected chi connectivity index (χ3v) is 2.91. The Morgan fingerprint density at radius 3 is 2.60 bits per heavy atom. The van der Waals surface area contributed by atoms with Crippen molar-refractivity contribution in [2.24, 2.45) is 5.10 Å². The summed E-state index contributed by atoms with van der Waals surface area (Å²) in [6, 6.07) is 5.31. The van der Waals surface area contributed by atoms with Crippen molar-refractivity contribution in [3.05, 3.63) is 23.8 Å². The number of nitrogens with zero attached hydrogens (tertiary/aromatic N) is 1. The van der Waals surface area contributed by atoms with Crippen LogP contribution in [-0.4, -0.2) is 51.5 Å². The summed E-state index contributed by atoms with van der Waals surface area (Å²) in [5, 5.41) is 6.17. The lowest BCUT2D eigenvalue weighted by Crippen LogP contribution is -2.39. The molecule has 25 heavy (non-hydrogen) atoms. The first-order valence-corrected chi connectivity index (χ1v) is 8.12. The highest BCUT2D eigenvalue weighted by molar-refractivity contribution is 6.35. The molecule has 0 bridgehead atoms. The van der Waals surface area contributed by atoms with Gasteiger partial charge in [-0.2, -0.15) is 5.10 Å². The molecule has 1 rings (SSSR count). The number of hydrazone groups is 1. The lowest BCUT2D eigenvalue weighted by atomic mass is 10.2. The molecule has 1 aromatic rings. The second-order valence-electron chi connectivity index (χ2n) is 4.94. The van der Waals surface area contributed by atoms with Gasteiger partial charge >= 0.3 is 11.8 Å². The van der Waals surface area contributed by atoms with E-state index in [1.807, 2.05) is 13.8 Å². The van der Waals surface area contributed by atoms with Crippen LogP contribution in [0.15, 0.2) is 23.3 Å². The fourth-order valence-corrected chi connectivity index (χ4v) is 1.77. The fraction of sp³-hybridized carbons (Fsp3) is 0.471. The van der Waals surface area contributed by atoms with Crippen molar-refractivity contribution < 1.29 is 23.8 Å². The number of hydrogen-bond acceptors (Lipinski definition) is 6. The average Bonchev–Trinajstić information content (AvgIpc) is 2.61. The maximum Gasteiger partial charge on any atom is 0.329 e. The molecule has 138 valence electrons. The van der Waals surface area contributed by atoms with Gasteiger partial charge in [0.1, 0.15) is 0 Å². The Kier molecular flexibility index (Phi) is 9.69. The van der Waals surface area contributed by atoms with E-state index in [0.29, 0.717) is 36.9 Å². The van der Waals surface area contributed by atoms with Crippen LogP contribution in [0.1, 0.15) is 25.8 Å². The summed E-state index contributed by atoms with van der Waals surface area (Å²) < 4.78 is 15.9. The molecular weight excluding hydrogens is 326 g/mol. The molecule has 0 aliphatic carbocycles. The third-order valence-electron chi connectivity index (χ3n) is 2.91. The molecule has 0 unspecified atom stereocenters. The molecule has 2 N–H and O–H groups in total. The Morgan fingerprint density at radius 2 is 1.92 bits per heavy atom. The first kappa shape index (κ1) is 20.4. The summed E-state index contributed by atoms with van der Waals surface area (Å²) in [7, 11) is 1.51. The number of carbonyl (C=O) groups excluding carboxylic acids is 2. The van der Waals surface area contributed by atoms with Gasteiger partial charge in [0, 0.05) is 13.7 Å². The molecular formula is C17H25N3O5. The Bertz CT molecular complexity index is 590. The number of benzene rings is 1. The quantitative estimate of drug-likeness (QED) is 0.285. The van der Waals surface area contributed by atoms with Gasteiger partial charge in [0.05, 0.1) is 26.0 Å². The minimum atomic E-state index is -0.847. The Morgan fingerprint density at radius 1 is 1.12 bits per heavy atom. The fourth-order valence-electron chi connectivity index (χ4n) is 1.77. The van der Waals surface area contributed by atoms with Crippen LogP contribution in [0.5, 0.6) is 11.5 Å². The summed E-state index contributed by atoms with van der Waals surface area (Å²) in [6.07, 6.45) is 2.32. The number of rotatable bonds is 10. The molecule has 2 amide bonds. The third kappa shape index (κ3) is 7.67. The highest BCUT2D eigenvalue weighted by Crippen LogP contribution is 2.28. The average molecular weight is 351 g/mol. The molecule has 0 radical (unpaired) electrons. The van der Waals surface area contributed by atoms with Gasteiger partial charge in [0.25, 0.3) is 0 Å². The van der Waals surface area contributed by atoms with E-state index in [2.05, 4.69) is 15.8 Å². The summed E-state index contributed by atoms with van der Waals surface area (Å²) in [5.41, 5.74) is 2.87. The molecule has 0 aromatic heterocycles. The number of amides is 2. The molecule has 0 aliphatic heterocycles. The summed E-state index contributed by atoms with van der Waals surface area (Å²) in [5.74, 6) is -0.362. The van der Waals surface area contributed by atoms with Crippen LogP contribution in [0, 0.1) is 0 Å². The first-order chi connectivity index (χ1) is 12.1. The second kappa shape index (κ2) is 11.9. The van der Waals surface area contributed by atoms with Gasteiger partial charge < -0.3 is 19.5 Å². The van der Waals surface area contributed by atoms with Crippen molar-refractivity contribution in [3.63, 3.8) is 0 Å². The molecule has 0 saturated carbocycles. The number of ether oxygens (including phenoxy) is 3. The summed E-state index contributed by atoms with van der Waals surface area (Å²) in [4.78, 5) is 23.0. The lowest BCUT2D eigenvalue weighted by Gasteiger charge is -2.11. The zero-order chi connectivity index (χ0) is 18.5. The van der Waals surface area contributed by atoms with Crippen LogP contribution >= 0.6 is 0 Å². The van der Waals surface area contributed by atoms with Crippen molar-refractivity contribution in [2.45, 2.75) is 20.3 Å². The van der Waals surface area contributed by atoms with Gasteiger partial charge in [-0.3, -0.25) is 9.59 Å². The topological polar surface area (TPSA) is 98.2 Å². The molecule has 1 aromatic carbocycles. The van der Waals surface area contributed by atoms with E-state index in [9.17, 15) is 9.59 Å². The van der Waals surface area contributed by atoms with Crippen molar-refractivity contribution in [1.29, 1.82) is 0 Å². The normalized spacial score (nSPS) is 10.5. The largest absolute Gasteiger partial charge is 0.490 e. The minimum absolute atomic E-state index is 0.253. The summed E-state index contributed by atoms with van der Waals surface area (Å²) in [6.45, 7) is 5.59. The van der Waals surface area contributed by atoms with Crippen LogP contribution in [0.2, 0.25) is 0 Å². The molecule has 0 fully saturated rings. The van der Waals surface area contributed by atoms with E-state index >= 15 is 0 Å². The van der Waals surface area contributed by atoms with Crippen molar-refractivity contribution in [2.75, 3.05) is 33.5 Å². The zero-order valence-corrected chi connectivity index (χ0v) is 14.8. The monoisotopic (exact) mass is 351 g/mol. The van der Waals surface area contributed by atoms with Gasteiger partial charge in [-0.1, -0.05) is 6.92 Å². The van der Waals surface area contributed by atoms with E-state index in [4.69, 9.17) is 14.2 Å². The van der Waals surface area contributed by atoms with E-state index in [0.717, 1.165) is 6.42 Å². The van der Waals surface area contributed by atoms with Crippen LogP contribution in [-0.2, 0) is 14.3 Å². The predicted octanol–water partition coefficient (Wildman–Crippen LogP) is 1.09. The Hall–Kier alpha value is -2.61. The highest BCUT2D eigenvalue weighted by atomic mass is 16.5. The summed E-state index contributed by atoms with van der Waals surface area (Å²) >= 11 is 0. The maximum absolute atomic E-state index is 11.5. The second-order valence-corrected chi connectivity index (χ2v) is 4.94. The molecule has 0 spiro atoms. The molecule has 0 saturated heterocycles. The number of hydrogen-bond donors (Lipinski definition) is 2. The Balaban J connectivity index is 2.62. The van der Waals surface area contributed by atoms with E-state index in [1.54, 1.807) is 18.2 Å². The van der Waals surface area contributed by atoms with E-state index < -0.39 is 11.8 Å². The zero-order valence-electron chi connectivity index (χ0n) is 14.8. The highest BCUT2D eigenvalue weighted by Gasteiger charge is 2.11. The number of carbonyl (C=O) groups is 2. The van der Waals surface area contributed by atoms with Crippen molar-refractivity contribution >= 4 is 18.0 Å². The van der Waals surface area contributed by atoms with Gasteiger partial charge in [-0.15, -0.1) is 0 Å². The van der Waals surface area contributed by atoms with Crippen molar-refractivity contribution in [3.8, 4) is 11.5 Å². The number of methoxy groups -OCH3 is 1. The van der Waals surface area contributed by atoms with Crippen molar-refractivity contribution in [1.82, 2.24) is 10.7 Å². The Labute approximate surface area is 147 Å². The van der Waals surface area contributed by atoms with Crippen LogP contribution in [0.3, 0.4) is 0 Å². The first-order valence-electron chi connectivity index (χ1n) is 8.12. The molecule has 8 heteroatoms. The molecule has 8 nitrogen and oxygen atoms in total. The van der Waals surface area contributed by atoms with E-state index in [-0.39, 0.29) is 6.54 Å². The lowest BCUT2D eigenvalue weighted by molar-refractivity contribution is -0.139.